The highest BCUT2D eigenvalue weighted by Crippen LogP contribution is 2.29. The number of benzene rings is 1. The number of carbonyl (C=O) groups is 3. The molecular formula is C28H40N2O5. The van der Waals surface area contributed by atoms with Crippen molar-refractivity contribution in [3.05, 3.63) is 61.2 Å². The van der Waals surface area contributed by atoms with Gasteiger partial charge in [0.05, 0.1) is 30.5 Å². The van der Waals surface area contributed by atoms with E-state index in [1.54, 1.807) is 19.1 Å². The molecule has 0 heterocycles. The van der Waals surface area contributed by atoms with Crippen LogP contribution in [0.1, 0.15) is 57.4 Å². The molecule has 0 aromatic heterocycles. The van der Waals surface area contributed by atoms with Gasteiger partial charge in [-0.15, -0.1) is 13.2 Å². The molecule has 0 saturated heterocycles. The lowest BCUT2D eigenvalue weighted by molar-refractivity contribution is -0.153. The molecule has 1 aromatic carbocycles. The Morgan fingerprint density at radius 1 is 1.09 bits per heavy atom. The van der Waals surface area contributed by atoms with E-state index in [1.165, 1.54) is 0 Å². The van der Waals surface area contributed by atoms with Crippen LogP contribution in [0.5, 0.6) is 0 Å². The summed E-state index contributed by atoms with van der Waals surface area (Å²) in [4.78, 5) is 38.1. The molecule has 3 atom stereocenters. The standard InChI is InChI=1S/C28H40N2O5/c1-4-11-23(18-25(32)30-28(20-31)15-9-10-16-28)26(33)29-19-21(3)35-27(34)24(12-5-2)17-22-13-7-6-8-14-22/h4-8,13-14,21,23-24,31H,1-2,9-12,15-20H2,3H3,(H,29,33)(H,30,32). The van der Waals surface area contributed by atoms with Gasteiger partial charge in [-0.3, -0.25) is 14.4 Å². The van der Waals surface area contributed by atoms with Gasteiger partial charge in [-0.25, -0.2) is 0 Å². The van der Waals surface area contributed by atoms with Crippen molar-refractivity contribution in [1.29, 1.82) is 0 Å². The van der Waals surface area contributed by atoms with Gasteiger partial charge in [-0.1, -0.05) is 55.3 Å². The zero-order valence-corrected chi connectivity index (χ0v) is 20.8. The maximum absolute atomic E-state index is 12.8. The summed E-state index contributed by atoms with van der Waals surface area (Å²) in [6.45, 7) is 9.22. The fourth-order valence-corrected chi connectivity index (χ4v) is 4.52. The van der Waals surface area contributed by atoms with Crippen LogP contribution < -0.4 is 10.6 Å². The SMILES string of the molecule is C=CCC(CC(=O)NC1(CO)CCCC1)C(=O)NCC(C)OC(=O)C(CC=C)Cc1ccccc1. The third kappa shape index (κ3) is 9.32. The third-order valence-electron chi connectivity index (χ3n) is 6.51. The minimum absolute atomic E-state index is 0.00621. The summed E-state index contributed by atoms with van der Waals surface area (Å²) < 4.78 is 5.60. The molecule has 192 valence electrons. The largest absolute Gasteiger partial charge is 0.461 e. The first-order chi connectivity index (χ1) is 16.8. The molecule has 0 radical (unpaired) electrons. The van der Waals surface area contributed by atoms with E-state index in [4.69, 9.17) is 4.74 Å². The van der Waals surface area contributed by atoms with Crippen molar-refractivity contribution < 1.29 is 24.2 Å². The molecule has 0 aliphatic heterocycles. The Balaban J connectivity index is 1.85. The van der Waals surface area contributed by atoms with E-state index in [2.05, 4.69) is 23.8 Å². The van der Waals surface area contributed by atoms with Gasteiger partial charge in [0.1, 0.15) is 6.10 Å². The lowest BCUT2D eigenvalue weighted by atomic mass is 9.95. The molecular weight excluding hydrogens is 444 g/mol. The summed E-state index contributed by atoms with van der Waals surface area (Å²) in [5.41, 5.74) is 0.472. The van der Waals surface area contributed by atoms with E-state index >= 15 is 0 Å². The van der Waals surface area contributed by atoms with Crippen molar-refractivity contribution in [2.24, 2.45) is 11.8 Å². The van der Waals surface area contributed by atoms with Gasteiger partial charge in [0.25, 0.3) is 0 Å². The number of esters is 1. The molecule has 2 amide bonds. The van der Waals surface area contributed by atoms with Gasteiger partial charge in [-0.05, 0) is 44.6 Å². The Morgan fingerprint density at radius 2 is 1.71 bits per heavy atom. The second-order valence-electron chi connectivity index (χ2n) is 9.52. The summed E-state index contributed by atoms with van der Waals surface area (Å²) in [5, 5.41) is 15.5. The lowest BCUT2D eigenvalue weighted by Crippen LogP contribution is -2.50. The number of hydrogen-bond donors (Lipinski definition) is 3. The first kappa shape index (κ1) is 28.3. The second-order valence-corrected chi connectivity index (χ2v) is 9.52. The summed E-state index contributed by atoms with van der Waals surface area (Å²) in [7, 11) is 0. The van der Waals surface area contributed by atoms with Crippen LogP contribution >= 0.6 is 0 Å². The van der Waals surface area contributed by atoms with Crippen LogP contribution in [0.2, 0.25) is 0 Å². The topological polar surface area (TPSA) is 105 Å². The molecule has 1 aromatic rings. The zero-order valence-electron chi connectivity index (χ0n) is 20.8. The van der Waals surface area contributed by atoms with E-state index in [9.17, 15) is 19.5 Å². The smallest absolute Gasteiger partial charge is 0.309 e. The molecule has 2 rings (SSSR count). The van der Waals surface area contributed by atoms with E-state index in [1.807, 2.05) is 30.3 Å². The van der Waals surface area contributed by atoms with Crippen LogP contribution in [-0.4, -0.2) is 47.7 Å². The normalized spacial score (nSPS) is 17.0. The van der Waals surface area contributed by atoms with Crippen molar-refractivity contribution >= 4 is 17.8 Å². The summed E-state index contributed by atoms with van der Waals surface area (Å²) in [6.07, 6.45) is 7.62. The molecule has 3 N–H and O–H groups in total. The lowest BCUT2D eigenvalue weighted by Gasteiger charge is -2.28. The number of carbonyl (C=O) groups excluding carboxylic acids is 3. The van der Waals surface area contributed by atoms with Gasteiger partial charge in [-0.2, -0.15) is 0 Å². The number of aliphatic hydroxyl groups excluding tert-OH is 1. The third-order valence-corrected chi connectivity index (χ3v) is 6.51. The Bertz CT molecular complexity index is 848. The fraction of sp³-hybridized carbons (Fsp3) is 0.536. The number of amides is 2. The molecule has 0 spiro atoms. The van der Waals surface area contributed by atoms with E-state index < -0.39 is 17.6 Å². The summed E-state index contributed by atoms with van der Waals surface area (Å²) in [6, 6.07) is 9.73. The van der Waals surface area contributed by atoms with E-state index in [0.29, 0.717) is 19.3 Å². The molecule has 1 aliphatic carbocycles. The average molecular weight is 485 g/mol. The van der Waals surface area contributed by atoms with Crippen LogP contribution in [0.3, 0.4) is 0 Å². The number of rotatable bonds is 15. The van der Waals surface area contributed by atoms with Crippen LogP contribution in [0.4, 0.5) is 0 Å². The van der Waals surface area contributed by atoms with Crippen LogP contribution in [0.15, 0.2) is 55.6 Å². The van der Waals surface area contributed by atoms with Gasteiger partial charge < -0.3 is 20.5 Å². The van der Waals surface area contributed by atoms with Gasteiger partial charge in [0.15, 0.2) is 0 Å². The maximum Gasteiger partial charge on any atom is 0.309 e. The number of hydrogen-bond acceptors (Lipinski definition) is 5. The minimum Gasteiger partial charge on any atom is -0.461 e. The average Bonchev–Trinajstić information content (AvgIpc) is 3.31. The summed E-state index contributed by atoms with van der Waals surface area (Å²) in [5.74, 6) is -1.81. The Hall–Kier alpha value is -2.93. The molecule has 7 heteroatoms. The predicted molar refractivity (Wildman–Crippen MR) is 136 cm³/mol. The Morgan fingerprint density at radius 3 is 2.31 bits per heavy atom. The molecule has 3 unspecified atom stereocenters. The highest BCUT2D eigenvalue weighted by molar-refractivity contribution is 5.86. The number of aliphatic hydroxyl groups is 1. The fourth-order valence-electron chi connectivity index (χ4n) is 4.52. The zero-order chi connectivity index (χ0) is 25.7. The molecule has 1 aliphatic rings. The molecule has 0 bridgehead atoms. The van der Waals surface area contributed by atoms with Crippen molar-refractivity contribution in [2.75, 3.05) is 13.2 Å². The van der Waals surface area contributed by atoms with Gasteiger partial charge in [0.2, 0.25) is 11.8 Å². The minimum atomic E-state index is -0.584. The van der Waals surface area contributed by atoms with Crippen LogP contribution in [0.25, 0.3) is 0 Å². The molecule has 7 nitrogen and oxygen atoms in total. The van der Waals surface area contributed by atoms with Crippen molar-refractivity contribution in [3.8, 4) is 0 Å². The van der Waals surface area contributed by atoms with Gasteiger partial charge >= 0.3 is 5.97 Å². The highest BCUT2D eigenvalue weighted by Gasteiger charge is 2.35. The Kier molecular flexibility index (Phi) is 11.7. The van der Waals surface area contributed by atoms with Gasteiger partial charge in [0, 0.05) is 6.42 Å². The quantitative estimate of drug-likeness (QED) is 0.261. The molecule has 1 saturated carbocycles. The predicted octanol–water partition coefficient (Wildman–Crippen LogP) is 3.47. The van der Waals surface area contributed by atoms with Crippen LogP contribution in [0, 0.1) is 11.8 Å². The second kappa shape index (κ2) is 14.5. The first-order valence-corrected chi connectivity index (χ1v) is 12.5. The summed E-state index contributed by atoms with van der Waals surface area (Å²) >= 11 is 0. The monoisotopic (exact) mass is 484 g/mol. The van der Waals surface area contributed by atoms with Crippen molar-refractivity contribution in [1.82, 2.24) is 10.6 Å². The van der Waals surface area contributed by atoms with E-state index in [0.717, 1.165) is 31.2 Å². The highest BCUT2D eigenvalue weighted by atomic mass is 16.5. The number of ether oxygens (including phenoxy) is 1. The van der Waals surface area contributed by atoms with Crippen LogP contribution in [-0.2, 0) is 25.5 Å². The van der Waals surface area contributed by atoms with E-state index in [-0.39, 0.29) is 43.3 Å². The first-order valence-electron chi connectivity index (χ1n) is 12.5. The number of allylic oxidation sites excluding steroid dienone is 2. The Labute approximate surface area is 209 Å². The molecule has 35 heavy (non-hydrogen) atoms. The molecule has 1 fully saturated rings. The number of nitrogens with one attached hydrogen (secondary N) is 2. The van der Waals surface area contributed by atoms with Crippen molar-refractivity contribution in [2.45, 2.75) is 69.9 Å². The van der Waals surface area contributed by atoms with Crippen molar-refractivity contribution in [3.63, 3.8) is 0 Å². The maximum atomic E-state index is 12.8.